The summed E-state index contributed by atoms with van der Waals surface area (Å²) in [6.07, 6.45) is 5.54. The molecule has 156 valence electrons. The highest BCUT2D eigenvalue weighted by atomic mass is 16.3. The fraction of sp³-hybridized carbons (Fsp3) is 0.0667. The first-order chi connectivity index (χ1) is 16.4. The van der Waals surface area contributed by atoms with Crippen molar-refractivity contribution < 1.29 is 4.42 Å². The Morgan fingerprint density at radius 1 is 0.636 bits per heavy atom. The van der Waals surface area contributed by atoms with Gasteiger partial charge in [-0.3, -0.25) is 9.97 Å². The molecule has 7 rings (SSSR count). The van der Waals surface area contributed by atoms with Crippen LogP contribution in [0.2, 0.25) is 0 Å². The molecule has 0 fully saturated rings. The van der Waals surface area contributed by atoms with Crippen LogP contribution in [0.3, 0.4) is 0 Å². The van der Waals surface area contributed by atoms with Gasteiger partial charge in [-0.2, -0.15) is 0 Å². The maximum absolute atomic E-state index is 6.50. The first-order valence-electron chi connectivity index (χ1n) is 11.3. The molecule has 3 aromatic carbocycles. The third-order valence-electron chi connectivity index (χ3n) is 6.65. The molecule has 0 saturated heterocycles. The first-order valence-corrected chi connectivity index (χ1v) is 11.3. The normalized spacial score (nSPS) is 12.6. The Kier molecular flexibility index (Phi) is 3.97. The Labute approximate surface area is 191 Å². The number of rotatable bonds is 2. The predicted molar refractivity (Wildman–Crippen MR) is 133 cm³/mol. The topological polar surface area (TPSA) is 38.9 Å². The number of nitrogens with zero attached hydrogens (tertiary/aromatic N) is 2. The number of hydrogen-bond donors (Lipinski definition) is 0. The quantitative estimate of drug-likeness (QED) is 0.289. The molecule has 3 aromatic heterocycles. The zero-order valence-corrected chi connectivity index (χ0v) is 18.0. The summed E-state index contributed by atoms with van der Waals surface area (Å²) in [6.45, 7) is 0. The Hall–Kier alpha value is -4.24. The van der Waals surface area contributed by atoms with E-state index < -0.39 is 0 Å². The molecule has 0 bridgehead atoms. The van der Waals surface area contributed by atoms with Crippen molar-refractivity contribution in [3.63, 3.8) is 0 Å². The molecule has 0 atom stereocenters. The molecule has 3 nitrogen and oxygen atoms in total. The van der Waals surface area contributed by atoms with Gasteiger partial charge >= 0.3 is 0 Å². The average Bonchev–Trinajstić information content (AvgIpc) is 3.28. The van der Waals surface area contributed by atoms with Crippen molar-refractivity contribution >= 4 is 21.7 Å². The summed E-state index contributed by atoms with van der Waals surface area (Å²) in [6, 6.07) is 29.8. The van der Waals surface area contributed by atoms with Crippen molar-refractivity contribution in [2.24, 2.45) is 0 Å². The van der Waals surface area contributed by atoms with Crippen molar-refractivity contribution in [3.05, 3.63) is 109 Å². The number of hydrogen-bond acceptors (Lipinski definition) is 3. The summed E-state index contributed by atoms with van der Waals surface area (Å²) in [5.74, 6) is 1.03. The molecule has 0 amide bonds. The van der Waals surface area contributed by atoms with Crippen LogP contribution in [0.15, 0.2) is 102 Å². The lowest BCUT2D eigenvalue weighted by atomic mass is 9.91. The summed E-state index contributed by atoms with van der Waals surface area (Å²) in [7, 11) is 0. The van der Waals surface area contributed by atoms with Crippen molar-refractivity contribution in [1.82, 2.24) is 9.97 Å². The highest BCUT2D eigenvalue weighted by molar-refractivity contribution is 6.05. The standard InChI is InChI=1S/C30H20N2O/c1-2-7-19(8-3-1)25-18-21(17-20-9-4-5-10-22(20)25)29-30-24(14-16-32-29)28-23-11-6-15-31-26(23)12-13-27(28)33-30/h1-11,14-18H,12-13H2. The molecular formula is C30H20N2O. The van der Waals surface area contributed by atoms with Crippen LogP contribution in [-0.4, -0.2) is 9.97 Å². The maximum Gasteiger partial charge on any atom is 0.161 e. The smallest absolute Gasteiger partial charge is 0.161 e. The van der Waals surface area contributed by atoms with Crippen molar-refractivity contribution in [2.45, 2.75) is 12.8 Å². The zero-order chi connectivity index (χ0) is 21.8. The number of benzene rings is 3. The molecule has 6 aromatic rings. The van der Waals surface area contributed by atoms with Gasteiger partial charge in [0.25, 0.3) is 0 Å². The highest BCUT2D eigenvalue weighted by Gasteiger charge is 2.25. The second-order valence-corrected chi connectivity index (χ2v) is 8.55. The van der Waals surface area contributed by atoms with E-state index in [1.54, 1.807) is 0 Å². The second-order valence-electron chi connectivity index (χ2n) is 8.55. The van der Waals surface area contributed by atoms with Crippen molar-refractivity contribution in [3.8, 4) is 33.5 Å². The van der Waals surface area contributed by atoms with Crippen LogP contribution in [0.25, 0.3) is 55.3 Å². The van der Waals surface area contributed by atoms with Gasteiger partial charge in [-0.05, 0) is 52.6 Å². The summed E-state index contributed by atoms with van der Waals surface area (Å²) in [4.78, 5) is 9.42. The Balaban J connectivity index is 1.51. The predicted octanol–water partition coefficient (Wildman–Crippen LogP) is 7.48. The van der Waals surface area contributed by atoms with Crippen LogP contribution in [-0.2, 0) is 12.8 Å². The second kappa shape index (κ2) is 7.14. The largest absolute Gasteiger partial charge is 0.458 e. The van der Waals surface area contributed by atoms with E-state index >= 15 is 0 Å². The fourth-order valence-corrected chi connectivity index (χ4v) is 5.15. The minimum absolute atomic E-state index is 0.855. The molecule has 0 unspecified atom stereocenters. The van der Waals surface area contributed by atoms with Gasteiger partial charge in [-0.1, -0.05) is 60.7 Å². The van der Waals surface area contributed by atoms with Gasteiger partial charge in [-0.25, -0.2) is 0 Å². The third kappa shape index (κ3) is 2.82. The fourth-order valence-electron chi connectivity index (χ4n) is 5.15. The van der Waals surface area contributed by atoms with Crippen LogP contribution in [0, 0.1) is 0 Å². The van der Waals surface area contributed by atoms with Crippen LogP contribution in [0.4, 0.5) is 0 Å². The zero-order valence-electron chi connectivity index (χ0n) is 18.0. The molecule has 0 aliphatic heterocycles. The third-order valence-corrected chi connectivity index (χ3v) is 6.65. The van der Waals surface area contributed by atoms with Gasteiger partial charge in [0, 0.05) is 46.6 Å². The molecule has 0 saturated carbocycles. The number of fused-ring (bicyclic) bond motifs is 6. The molecule has 1 aliphatic rings. The Bertz CT molecular complexity index is 1660. The molecule has 3 heteroatoms. The number of aryl methyl sites for hydroxylation is 2. The molecule has 1 aliphatic carbocycles. The number of furan rings is 1. The first kappa shape index (κ1) is 18.3. The summed E-state index contributed by atoms with van der Waals surface area (Å²) < 4.78 is 6.50. The summed E-state index contributed by atoms with van der Waals surface area (Å²) in [5.41, 5.74) is 8.70. The van der Waals surface area contributed by atoms with Gasteiger partial charge in [0.1, 0.15) is 11.5 Å². The van der Waals surface area contributed by atoms with E-state index in [1.807, 2.05) is 18.5 Å². The van der Waals surface area contributed by atoms with Gasteiger partial charge in [0.05, 0.1) is 0 Å². The van der Waals surface area contributed by atoms with Gasteiger partial charge in [0.15, 0.2) is 5.58 Å². The number of pyridine rings is 2. The minimum atomic E-state index is 0.855. The molecule has 33 heavy (non-hydrogen) atoms. The monoisotopic (exact) mass is 424 g/mol. The molecule has 0 radical (unpaired) electrons. The Morgan fingerprint density at radius 2 is 1.52 bits per heavy atom. The van der Waals surface area contributed by atoms with Crippen molar-refractivity contribution in [2.75, 3.05) is 0 Å². The molecule has 0 spiro atoms. The average molecular weight is 425 g/mol. The van der Waals surface area contributed by atoms with E-state index in [4.69, 9.17) is 9.40 Å². The highest BCUT2D eigenvalue weighted by Crippen LogP contribution is 2.43. The van der Waals surface area contributed by atoms with Crippen LogP contribution in [0.1, 0.15) is 11.5 Å². The number of aromatic nitrogens is 2. The van der Waals surface area contributed by atoms with E-state index in [2.05, 4.69) is 83.8 Å². The van der Waals surface area contributed by atoms with Gasteiger partial charge in [-0.15, -0.1) is 0 Å². The maximum atomic E-state index is 6.50. The van der Waals surface area contributed by atoms with E-state index in [-0.39, 0.29) is 0 Å². The van der Waals surface area contributed by atoms with Crippen LogP contribution < -0.4 is 0 Å². The lowest BCUT2D eigenvalue weighted by Gasteiger charge is -2.13. The van der Waals surface area contributed by atoms with E-state index in [1.165, 1.54) is 33.0 Å². The summed E-state index contributed by atoms with van der Waals surface area (Å²) in [5, 5.41) is 3.54. The molecule has 0 N–H and O–H groups in total. The van der Waals surface area contributed by atoms with E-state index in [0.29, 0.717) is 0 Å². The molecular weight excluding hydrogens is 404 g/mol. The van der Waals surface area contributed by atoms with E-state index in [0.717, 1.165) is 46.5 Å². The summed E-state index contributed by atoms with van der Waals surface area (Å²) >= 11 is 0. The SMILES string of the molecule is c1ccc(-c2cc(-c3nccc4c5c(oc34)CCc3ncccc3-5)cc3ccccc23)cc1. The van der Waals surface area contributed by atoms with Crippen LogP contribution >= 0.6 is 0 Å². The van der Waals surface area contributed by atoms with Gasteiger partial charge < -0.3 is 4.42 Å². The van der Waals surface area contributed by atoms with E-state index in [9.17, 15) is 0 Å². The lowest BCUT2D eigenvalue weighted by molar-refractivity contribution is 0.544. The molecule has 3 heterocycles. The van der Waals surface area contributed by atoms with Crippen molar-refractivity contribution in [1.29, 1.82) is 0 Å². The van der Waals surface area contributed by atoms with Gasteiger partial charge in [0.2, 0.25) is 0 Å². The van der Waals surface area contributed by atoms with Crippen LogP contribution in [0.5, 0.6) is 0 Å². The Morgan fingerprint density at radius 3 is 2.45 bits per heavy atom. The minimum Gasteiger partial charge on any atom is -0.458 e. The lowest BCUT2D eigenvalue weighted by Crippen LogP contribution is -2.03.